The fourth-order valence-corrected chi connectivity index (χ4v) is 4.90. The van der Waals surface area contributed by atoms with Crippen LogP contribution in [0, 0.1) is 5.82 Å². The minimum atomic E-state index is -0.377. The van der Waals surface area contributed by atoms with Crippen LogP contribution in [0.1, 0.15) is 40.4 Å². The maximum atomic E-state index is 13.1. The van der Waals surface area contributed by atoms with Gasteiger partial charge in [0.05, 0.1) is 13.2 Å². The van der Waals surface area contributed by atoms with Crippen molar-refractivity contribution in [2.75, 3.05) is 0 Å². The van der Waals surface area contributed by atoms with E-state index in [4.69, 9.17) is 51.1 Å². The largest absolute Gasteiger partial charge is 0.365 e. The van der Waals surface area contributed by atoms with Crippen LogP contribution >= 0.6 is 46.4 Å². The molecule has 0 N–H and O–H groups in total. The van der Waals surface area contributed by atoms with E-state index in [1.165, 1.54) is 24.3 Å². The number of carbonyl (C=O) groups excluding carboxylic acids is 1. The minimum absolute atomic E-state index is 0.00765. The van der Waals surface area contributed by atoms with E-state index >= 15 is 0 Å². The Balaban J connectivity index is 1.41. The normalized spacial score (nSPS) is 12.0. The summed E-state index contributed by atoms with van der Waals surface area (Å²) in [5, 5.41) is 2.14. The third-order valence-electron chi connectivity index (χ3n) is 5.87. The van der Waals surface area contributed by atoms with Crippen molar-refractivity contribution in [1.29, 1.82) is 0 Å². The molecule has 0 spiro atoms. The molecule has 0 saturated carbocycles. The number of aromatic nitrogens is 2. The Morgan fingerprint density at radius 2 is 1.65 bits per heavy atom. The average Bonchev–Trinajstić information content (AvgIpc) is 3.30. The minimum Gasteiger partial charge on any atom is -0.365 e. The van der Waals surface area contributed by atoms with E-state index < -0.39 is 0 Å². The third-order valence-corrected chi connectivity index (χ3v) is 7.02. The van der Waals surface area contributed by atoms with Gasteiger partial charge in [0.15, 0.2) is 5.78 Å². The van der Waals surface area contributed by atoms with Crippen LogP contribution in [0.15, 0.2) is 79.4 Å². The van der Waals surface area contributed by atoms with Crippen molar-refractivity contribution in [2.45, 2.75) is 38.6 Å². The molecule has 4 nitrogen and oxygen atoms in total. The van der Waals surface area contributed by atoms with Crippen molar-refractivity contribution in [3.05, 3.63) is 122 Å². The van der Waals surface area contributed by atoms with Crippen molar-refractivity contribution in [3.8, 4) is 0 Å². The van der Waals surface area contributed by atoms with E-state index in [1.807, 2.05) is 40.0 Å². The van der Waals surface area contributed by atoms with Gasteiger partial charge in [-0.2, -0.15) is 0 Å². The molecule has 1 heterocycles. The second-order valence-electron chi connectivity index (χ2n) is 8.58. The van der Waals surface area contributed by atoms with E-state index in [2.05, 4.69) is 0 Å². The Morgan fingerprint density at radius 3 is 2.35 bits per heavy atom. The molecule has 0 bridgehead atoms. The number of imidazole rings is 1. The summed E-state index contributed by atoms with van der Waals surface area (Å²) in [4.78, 5) is 12.3. The van der Waals surface area contributed by atoms with Crippen LogP contribution in [-0.2, 0) is 24.4 Å². The first kappa shape index (κ1) is 27.6. The Kier molecular flexibility index (Phi) is 9.63. The second-order valence-corrected chi connectivity index (χ2v) is 10.3. The van der Waals surface area contributed by atoms with Crippen molar-refractivity contribution in [3.63, 3.8) is 0 Å². The zero-order valence-corrected chi connectivity index (χ0v) is 22.7. The second kappa shape index (κ2) is 12.9. The first-order valence-corrected chi connectivity index (χ1v) is 13.1. The number of benzene rings is 3. The lowest BCUT2D eigenvalue weighted by molar-refractivity contribution is -0.704. The molecule has 0 aliphatic rings. The van der Waals surface area contributed by atoms with Crippen LogP contribution in [0.2, 0.25) is 20.1 Å². The van der Waals surface area contributed by atoms with Crippen molar-refractivity contribution >= 4 is 52.2 Å². The molecule has 1 atom stereocenters. The number of hydrogen-bond acceptors (Lipinski definition) is 2. The smallest absolute Gasteiger partial charge is 0.243 e. The van der Waals surface area contributed by atoms with Crippen LogP contribution in [0.5, 0.6) is 0 Å². The van der Waals surface area contributed by atoms with E-state index in [1.54, 1.807) is 24.3 Å². The SMILES string of the molecule is O=C(CCCn1cc[n+](CC(OCc2ccc(Cl)cc2Cl)c2ccc(Cl)cc2Cl)c1)c1ccc(F)cc1. The Labute approximate surface area is 235 Å². The molecule has 9 heteroatoms. The molecule has 0 aliphatic heterocycles. The highest BCUT2D eigenvalue weighted by Gasteiger charge is 2.21. The van der Waals surface area contributed by atoms with Crippen LogP contribution in [0.3, 0.4) is 0 Å². The molecular weight excluding hydrogens is 557 g/mol. The predicted octanol–water partition coefficient (Wildman–Crippen LogP) is 8.15. The summed E-state index contributed by atoms with van der Waals surface area (Å²) >= 11 is 25.0. The summed E-state index contributed by atoms with van der Waals surface area (Å²) in [7, 11) is 0. The molecule has 4 rings (SSSR count). The number of aryl methyl sites for hydroxylation is 1. The number of nitrogens with zero attached hydrogens (tertiary/aromatic N) is 2. The van der Waals surface area contributed by atoms with Crippen molar-refractivity contribution in [2.24, 2.45) is 0 Å². The summed E-state index contributed by atoms with van der Waals surface area (Å²) < 4.78 is 23.4. The summed E-state index contributed by atoms with van der Waals surface area (Å²) in [5.41, 5.74) is 2.14. The van der Waals surface area contributed by atoms with Crippen LogP contribution in [0.4, 0.5) is 4.39 Å². The predicted molar refractivity (Wildman–Crippen MR) is 145 cm³/mol. The number of halogens is 5. The molecule has 0 radical (unpaired) electrons. The van der Waals surface area contributed by atoms with E-state index in [0.717, 1.165) is 11.1 Å². The first-order valence-electron chi connectivity index (χ1n) is 11.6. The fraction of sp³-hybridized carbons (Fsp3) is 0.214. The fourth-order valence-electron chi connectivity index (χ4n) is 3.91. The van der Waals surface area contributed by atoms with Gasteiger partial charge in [0.1, 0.15) is 30.9 Å². The molecule has 0 aliphatic carbocycles. The quantitative estimate of drug-likeness (QED) is 0.132. The topological polar surface area (TPSA) is 35.1 Å². The Morgan fingerprint density at radius 1 is 0.946 bits per heavy atom. The van der Waals surface area contributed by atoms with Gasteiger partial charge in [0, 0.05) is 37.6 Å². The number of ketones is 1. The van der Waals surface area contributed by atoms with Gasteiger partial charge in [-0.05, 0) is 60.5 Å². The van der Waals surface area contributed by atoms with Gasteiger partial charge in [-0.15, -0.1) is 0 Å². The van der Waals surface area contributed by atoms with Gasteiger partial charge in [-0.25, -0.2) is 13.5 Å². The molecule has 37 heavy (non-hydrogen) atoms. The highest BCUT2D eigenvalue weighted by molar-refractivity contribution is 6.35. The summed E-state index contributed by atoms with van der Waals surface area (Å²) in [6.45, 7) is 1.42. The molecule has 4 aromatic rings. The summed E-state index contributed by atoms with van der Waals surface area (Å²) in [6, 6.07) is 16.2. The lowest BCUT2D eigenvalue weighted by Gasteiger charge is -2.19. The van der Waals surface area contributed by atoms with Gasteiger partial charge in [-0.3, -0.25) is 4.79 Å². The standard InChI is InChI=1S/C28H24Cl4FN2O2/c29-21-6-3-20(25(31)14-21)17-37-28(24-10-7-22(30)15-26(24)32)16-35-13-12-34(18-35)11-1-2-27(36)19-4-8-23(33)9-5-19/h3-10,12-15,18,28H,1-2,11,16-17H2/q+1. The van der Waals surface area contributed by atoms with Gasteiger partial charge < -0.3 is 4.74 Å². The highest BCUT2D eigenvalue weighted by atomic mass is 35.5. The van der Waals surface area contributed by atoms with Gasteiger partial charge in [0.2, 0.25) is 6.33 Å². The van der Waals surface area contributed by atoms with Crippen LogP contribution < -0.4 is 4.57 Å². The number of rotatable bonds is 11. The average molecular weight is 581 g/mol. The van der Waals surface area contributed by atoms with E-state index in [-0.39, 0.29) is 24.3 Å². The number of carbonyl (C=O) groups is 1. The molecule has 0 amide bonds. The zero-order chi connectivity index (χ0) is 26.4. The highest BCUT2D eigenvalue weighted by Crippen LogP contribution is 2.31. The lowest BCUT2D eigenvalue weighted by Crippen LogP contribution is -2.35. The first-order chi connectivity index (χ1) is 17.8. The van der Waals surface area contributed by atoms with Gasteiger partial charge in [-0.1, -0.05) is 58.5 Å². The zero-order valence-electron chi connectivity index (χ0n) is 19.7. The maximum Gasteiger partial charge on any atom is 0.243 e. The summed E-state index contributed by atoms with van der Waals surface area (Å²) in [5.74, 6) is -0.362. The maximum absolute atomic E-state index is 13.1. The molecule has 1 unspecified atom stereocenters. The van der Waals surface area contributed by atoms with E-state index in [0.29, 0.717) is 51.6 Å². The van der Waals surface area contributed by atoms with Crippen molar-refractivity contribution in [1.82, 2.24) is 4.57 Å². The third kappa shape index (κ3) is 7.79. The van der Waals surface area contributed by atoms with Crippen LogP contribution in [0.25, 0.3) is 0 Å². The summed E-state index contributed by atoms with van der Waals surface area (Å²) in [6.07, 6.45) is 6.49. The molecule has 0 fully saturated rings. The molecule has 0 saturated heterocycles. The number of hydrogen-bond donors (Lipinski definition) is 0. The monoisotopic (exact) mass is 579 g/mol. The number of Topliss-reactive ketones (excluding diaryl/α,β-unsaturated/α-hetero) is 1. The Hall–Kier alpha value is -2.41. The molecular formula is C28H24Cl4FN2O2+. The van der Waals surface area contributed by atoms with Gasteiger partial charge in [0.25, 0.3) is 0 Å². The van der Waals surface area contributed by atoms with Crippen molar-refractivity contribution < 1.29 is 18.5 Å². The van der Waals surface area contributed by atoms with Crippen LogP contribution in [-0.4, -0.2) is 10.4 Å². The molecule has 192 valence electrons. The van der Waals surface area contributed by atoms with Gasteiger partial charge >= 0.3 is 0 Å². The Bertz CT molecular complexity index is 1380. The number of ether oxygens (including phenoxy) is 1. The molecule has 1 aromatic heterocycles. The lowest BCUT2D eigenvalue weighted by atomic mass is 10.1. The van der Waals surface area contributed by atoms with E-state index in [9.17, 15) is 9.18 Å². The molecule has 3 aromatic carbocycles.